The molecule has 13 heteroatoms. The van der Waals surface area contributed by atoms with E-state index in [0.29, 0.717) is 40.3 Å². The summed E-state index contributed by atoms with van der Waals surface area (Å²) in [4.78, 5) is 29.0. The molecule has 3 aromatic rings. The molecule has 0 aliphatic carbocycles. The van der Waals surface area contributed by atoms with Gasteiger partial charge in [0.25, 0.3) is 10.0 Å². The van der Waals surface area contributed by atoms with Gasteiger partial charge >= 0.3 is 0 Å². The molecule has 0 aliphatic heterocycles. The fraction of sp³-hybridized carbons (Fsp3) is 0.394. The Morgan fingerprint density at radius 3 is 2.09 bits per heavy atom. The molecule has 0 spiro atoms. The van der Waals surface area contributed by atoms with E-state index in [9.17, 15) is 18.0 Å². The van der Waals surface area contributed by atoms with Gasteiger partial charge in [-0.1, -0.05) is 50.0 Å². The normalized spacial score (nSPS) is 11.9. The van der Waals surface area contributed by atoms with Crippen LogP contribution < -0.4 is 23.8 Å². The molecule has 2 amide bonds. The summed E-state index contributed by atoms with van der Waals surface area (Å²) in [5, 5.41) is 3.51. The third-order valence-electron chi connectivity index (χ3n) is 7.12. The van der Waals surface area contributed by atoms with Crippen molar-refractivity contribution in [2.45, 2.75) is 51.6 Å². The Morgan fingerprint density at radius 1 is 0.913 bits per heavy atom. The van der Waals surface area contributed by atoms with Gasteiger partial charge in [-0.25, -0.2) is 8.42 Å². The molecule has 1 N–H and O–H groups in total. The summed E-state index contributed by atoms with van der Waals surface area (Å²) in [5.74, 6) is 0.230. The first-order chi connectivity index (χ1) is 21.9. The zero-order chi connectivity index (χ0) is 34.0. The van der Waals surface area contributed by atoms with E-state index < -0.39 is 28.5 Å². The molecular weight excluding hydrogens is 653 g/mol. The fourth-order valence-corrected chi connectivity index (χ4v) is 6.65. The number of hydrogen-bond donors (Lipinski definition) is 1. The number of anilines is 1. The maximum Gasteiger partial charge on any atom is 0.264 e. The van der Waals surface area contributed by atoms with Crippen LogP contribution in [-0.4, -0.2) is 65.1 Å². The molecule has 1 atom stereocenters. The van der Waals surface area contributed by atoms with Crippen molar-refractivity contribution in [3.05, 3.63) is 76.3 Å². The maximum absolute atomic E-state index is 14.4. The van der Waals surface area contributed by atoms with E-state index in [-0.39, 0.29) is 41.1 Å². The molecule has 10 nitrogen and oxygen atoms in total. The van der Waals surface area contributed by atoms with Crippen molar-refractivity contribution in [2.24, 2.45) is 5.92 Å². The van der Waals surface area contributed by atoms with Crippen LogP contribution in [0.15, 0.2) is 65.6 Å². The molecule has 0 saturated heterocycles. The van der Waals surface area contributed by atoms with Gasteiger partial charge in [0, 0.05) is 34.8 Å². The fourth-order valence-electron chi connectivity index (χ4n) is 4.70. The molecule has 3 aromatic carbocycles. The van der Waals surface area contributed by atoms with E-state index in [4.69, 9.17) is 37.4 Å². The lowest BCUT2D eigenvalue weighted by atomic mass is 10.1. The maximum atomic E-state index is 14.4. The highest BCUT2D eigenvalue weighted by molar-refractivity contribution is 7.92. The molecule has 0 saturated carbocycles. The Balaban J connectivity index is 2.14. The molecule has 0 aliphatic rings. The molecule has 3 rings (SSSR count). The number of methoxy groups -OCH3 is 2. The summed E-state index contributed by atoms with van der Waals surface area (Å²) in [5.41, 5.74) is 0.643. The first kappa shape index (κ1) is 36.8. The van der Waals surface area contributed by atoms with Gasteiger partial charge in [0.2, 0.25) is 11.8 Å². The van der Waals surface area contributed by atoms with Crippen LogP contribution in [0.4, 0.5) is 5.69 Å². The Labute approximate surface area is 281 Å². The van der Waals surface area contributed by atoms with Crippen molar-refractivity contribution in [1.82, 2.24) is 10.2 Å². The van der Waals surface area contributed by atoms with Gasteiger partial charge in [-0.15, -0.1) is 0 Å². The van der Waals surface area contributed by atoms with Gasteiger partial charge in [0.05, 0.1) is 31.4 Å². The Bertz CT molecular complexity index is 1580. The molecule has 0 fully saturated rings. The number of benzene rings is 3. The SMILES string of the molecule is CCOc1ccc(N(CC(=O)N(Cc2c(Cl)cccc2Cl)[C@H](CC)C(=O)NCC(C)C)S(=O)(=O)c2ccc(OC)c(OC)c2)cc1. The number of rotatable bonds is 16. The van der Waals surface area contributed by atoms with Crippen molar-refractivity contribution in [1.29, 1.82) is 0 Å². The van der Waals surface area contributed by atoms with E-state index in [1.54, 1.807) is 49.4 Å². The average molecular weight is 695 g/mol. The van der Waals surface area contributed by atoms with Crippen molar-refractivity contribution < 1.29 is 32.2 Å². The number of amides is 2. The predicted molar refractivity (Wildman–Crippen MR) is 181 cm³/mol. The van der Waals surface area contributed by atoms with Gasteiger partial charge in [-0.3, -0.25) is 13.9 Å². The van der Waals surface area contributed by atoms with Gasteiger partial charge < -0.3 is 24.4 Å². The summed E-state index contributed by atoms with van der Waals surface area (Å²) in [6.45, 7) is 7.58. The standard InChI is InChI=1S/C33H41Cl2N3O7S/c1-7-29(33(40)36-19-22(3)4)37(20-26-27(34)10-9-11-28(26)35)32(39)21-38(23-12-14-24(15-13-23)45-8-2)46(41,42)25-16-17-30(43-5)31(18-25)44-6/h9-18,22,29H,7-8,19-21H2,1-6H3,(H,36,40)/t29-/m1/s1. The second kappa shape index (κ2) is 16.8. The summed E-state index contributed by atoms with van der Waals surface area (Å²) >= 11 is 13.0. The second-order valence-corrected chi connectivity index (χ2v) is 13.4. The molecule has 0 heterocycles. The lowest BCUT2D eigenvalue weighted by Gasteiger charge is -2.33. The van der Waals surface area contributed by atoms with E-state index in [0.717, 1.165) is 4.31 Å². The van der Waals surface area contributed by atoms with Gasteiger partial charge in [-0.05, 0) is 67.8 Å². The monoisotopic (exact) mass is 693 g/mol. The van der Waals surface area contributed by atoms with Crippen LogP contribution in [-0.2, 0) is 26.2 Å². The molecule has 0 bridgehead atoms. The van der Waals surface area contributed by atoms with Crippen molar-refractivity contribution in [3.8, 4) is 17.2 Å². The highest BCUT2D eigenvalue weighted by Crippen LogP contribution is 2.33. The average Bonchev–Trinajstić information content (AvgIpc) is 3.03. The number of nitrogens with zero attached hydrogens (tertiary/aromatic N) is 2. The van der Waals surface area contributed by atoms with E-state index in [1.807, 2.05) is 20.8 Å². The first-order valence-electron chi connectivity index (χ1n) is 14.8. The number of carbonyl (C=O) groups is 2. The Morgan fingerprint density at radius 2 is 1.54 bits per heavy atom. The highest BCUT2D eigenvalue weighted by Gasteiger charge is 2.34. The second-order valence-electron chi connectivity index (χ2n) is 10.7. The van der Waals surface area contributed by atoms with E-state index in [1.165, 1.54) is 37.3 Å². The minimum atomic E-state index is -4.37. The van der Waals surface area contributed by atoms with Crippen LogP contribution in [0.25, 0.3) is 0 Å². The molecule has 46 heavy (non-hydrogen) atoms. The number of carbonyl (C=O) groups excluding carboxylic acids is 2. The van der Waals surface area contributed by atoms with Crippen molar-refractivity contribution in [3.63, 3.8) is 0 Å². The van der Waals surface area contributed by atoms with E-state index in [2.05, 4.69) is 5.32 Å². The number of ether oxygens (including phenoxy) is 3. The minimum Gasteiger partial charge on any atom is -0.494 e. The van der Waals surface area contributed by atoms with Crippen molar-refractivity contribution >= 4 is 50.7 Å². The van der Waals surface area contributed by atoms with Crippen LogP contribution in [0.1, 0.15) is 39.7 Å². The third kappa shape index (κ3) is 8.98. The number of hydrogen-bond acceptors (Lipinski definition) is 7. The lowest BCUT2D eigenvalue weighted by Crippen LogP contribution is -2.52. The summed E-state index contributed by atoms with van der Waals surface area (Å²) < 4.78 is 45.8. The van der Waals surface area contributed by atoms with Crippen LogP contribution in [0.5, 0.6) is 17.2 Å². The Kier molecular flexibility index (Phi) is 13.4. The molecule has 0 aromatic heterocycles. The third-order valence-corrected chi connectivity index (χ3v) is 9.60. The van der Waals surface area contributed by atoms with E-state index >= 15 is 0 Å². The minimum absolute atomic E-state index is 0.127. The van der Waals surface area contributed by atoms with Gasteiger partial charge in [0.1, 0.15) is 18.3 Å². The molecule has 250 valence electrons. The van der Waals surface area contributed by atoms with Crippen LogP contribution in [0, 0.1) is 5.92 Å². The predicted octanol–water partition coefficient (Wildman–Crippen LogP) is 6.18. The largest absolute Gasteiger partial charge is 0.494 e. The van der Waals surface area contributed by atoms with Gasteiger partial charge in [-0.2, -0.15) is 0 Å². The Hall–Kier alpha value is -3.67. The quantitative estimate of drug-likeness (QED) is 0.190. The van der Waals surface area contributed by atoms with Gasteiger partial charge in [0.15, 0.2) is 11.5 Å². The number of halogens is 2. The summed E-state index contributed by atoms with van der Waals surface area (Å²) in [6, 6.07) is 14.5. The van der Waals surface area contributed by atoms with Crippen LogP contribution >= 0.6 is 23.2 Å². The highest BCUT2D eigenvalue weighted by atomic mass is 35.5. The number of sulfonamides is 1. The summed E-state index contributed by atoms with van der Waals surface area (Å²) in [6.07, 6.45) is 0.253. The smallest absolute Gasteiger partial charge is 0.264 e. The number of nitrogens with one attached hydrogen (secondary N) is 1. The zero-order valence-corrected chi connectivity index (χ0v) is 29.2. The van der Waals surface area contributed by atoms with Crippen molar-refractivity contribution in [2.75, 3.05) is 38.2 Å². The van der Waals surface area contributed by atoms with Crippen LogP contribution in [0.3, 0.4) is 0 Å². The molecular formula is C33H41Cl2N3O7S. The summed E-state index contributed by atoms with van der Waals surface area (Å²) in [7, 11) is -1.53. The lowest BCUT2D eigenvalue weighted by molar-refractivity contribution is -0.140. The topological polar surface area (TPSA) is 114 Å². The zero-order valence-electron chi connectivity index (χ0n) is 26.9. The molecule has 0 unspecified atom stereocenters. The molecule has 0 radical (unpaired) electrons. The first-order valence-corrected chi connectivity index (χ1v) is 17.0. The van der Waals surface area contributed by atoms with Crippen LogP contribution in [0.2, 0.25) is 10.0 Å².